The summed E-state index contributed by atoms with van der Waals surface area (Å²) in [4.78, 5) is 0. The van der Waals surface area contributed by atoms with E-state index in [1.54, 1.807) is 7.11 Å². The summed E-state index contributed by atoms with van der Waals surface area (Å²) in [5.74, 6) is 0. The molecule has 0 radical (unpaired) electrons. The molecular weight excluding hydrogens is 222 g/mol. The highest BCUT2D eigenvalue weighted by atomic mass is 35.5. The number of methoxy groups -OCH3 is 1. The van der Waals surface area contributed by atoms with Gasteiger partial charge < -0.3 is 10.1 Å². The Balaban J connectivity index is 2.76. The Morgan fingerprint density at radius 1 is 1.44 bits per heavy atom. The minimum absolute atomic E-state index is 0.239. The van der Waals surface area contributed by atoms with Crippen LogP contribution in [0.2, 0.25) is 5.02 Å². The summed E-state index contributed by atoms with van der Waals surface area (Å²) >= 11 is 6.00. The maximum Gasteiger partial charge on any atom is 0.0561 e. The van der Waals surface area contributed by atoms with E-state index in [0.29, 0.717) is 6.04 Å². The molecule has 16 heavy (non-hydrogen) atoms. The molecule has 2 nitrogen and oxygen atoms in total. The van der Waals surface area contributed by atoms with Gasteiger partial charge in [0.15, 0.2) is 0 Å². The number of rotatable bonds is 6. The monoisotopic (exact) mass is 241 g/mol. The molecule has 0 aromatic heterocycles. The average Bonchev–Trinajstić information content (AvgIpc) is 2.28. The van der Waals surface area contributed by atoms with E-state index < -0.39 is 0 Å². The molecule has 0 aliphatic rings. The van der Waals surface area contributed by atoms with E-state index in [2.05, 4.69) is 25.2 Å². The van der Waals surface area contributed by atoms with Crippen LogP contribution in [0.3, 0.4) is 0 Å². The third-order valence-electron chi connectivity index (χ3n) is 2.67. The molecule has 0 saturated heterocycles. The van der Waals surface area contributed by atoms with Crippen LogP contribution in [0.15, 0.2) is 24.3 Å². The summed E-state index contributed by atoms with van der Waals surface area (Å²) in [6.45, 7) is 5.12. The van der Waals surface area contributed by atoms with Crippen molar-refractivity contribution in [3.8, 4) is 0 Å². The van der Waals surface area contributed by atoms with Crippen LogP contribution in [-0.4, -0.2) is 19.8 Å². The summed E-state index contributed by atoms with van der Waals surface area (Å²) in [6.07, 6.45) is 1.19. The van der Waals surface area contributed by atoms with Crippen molar-refractivity contribution in [2.24, 2.45) is 0 Å². The maximum absolute atomic E-state index is 6.00. The topological polar surface area (TPSA) is 21.3 Å². The Bertz CT molecular complexity index is 317. The lowest BCUT2D eigenvalue weighted by Gasteiger charge is -2.21. The normalized spacial score (nSPS) is 14.8. The van der Waals surface area contributed by atoms with Gasteiger partial charge in [0.1, 0.15) is 0 Å². The Labute approximate surface area is 103 Å². The van der Waals surface area contributed by atoms with Crippen molar-refractivity contribution in [2.45, 2.75) is 32.4 Å². The zero-order valence-electron chi connectivity index (χ0n) is 10.2. The van der Waals surface area contributed by atoms with Crippen molar-refractivity contribution in [1.82, 2.24) is 5.32 Å². The molecule has 0 bridgehead atoms. The number of ether oxygens (including phenoxy) is 1. The summed E-state index contributed by atoms with van der Waals surface area (Å²) in [5.41, 5.74) is 1.22. The van der Waals surface area contributed by atoms with E-state index in [1.165, 1.54) is 5.56 Å². The largest absolute Gasteiger partial charge is 0.382 e. The highest BCUT2D eigenvalue weighted by molar-refractivity contribution is 6.30. The summed E-state index contributed by atoms with van der Waals surface area (Å²) in [5, 5.41) is 4.24. The van der Waals surface area contributed by atoms with Crippen LogP contribution in [-0.2, 0) is 4.74 Å². The van der Waals surface area contributed by atoms with Crippen LogP contribution in [0.25, 0.3) is 0 Å². The van der Waals surface area contributed by atoms with Crippen molar-refractivity contribution in [3.63, 3.8) is 0 Å². The van der Waals surface area contributed by atoms with Gasteiger partial charge in [-0.15, -0.1) is 0 Å². The quantitative estimate of drug-likeness (QED) is 0.824. The van der Waals surface area contributed by atoms with Gasteiger partial charge in [0.05, 0.1) is 6.10 Å². The molecule has 0 aliphatic heterocycles. The molecule has 1 N–H and O–H groups in total. The van der Waals surface area contributed by atoms with E-state index in [-0.39, 0.29) is 6.10 Å². The standard InChI is InChI=1S/C13H20ClNO/c1-4-15-13(8-10(2)16-3)11-6-5-7-12(14)9-11/h5-7,9-10,13,15H,4,8H2,1-3H3. The Morgan fingerprint density at radius 3 is 2.75 bits per heavy atom. The summed E-state index contributed by atoms with van der Waals surface area (Å²) in [7, 11) is 1.74. The molecule has 1 rings (SSSR count). The Kier molecular flexibility index (Phi) is 5.81. The third-order valence-corrected chi connectivity index (χ3v) is 2.91. The van der Waals surface area contributed by atoms with Crippen LogP contribution in [0.4, 0.5) is 0 Å². The van der Waals surface area contributed by atoms with Crippen molar-refractivity contribution >= 4 is 11.6 Å². The van der Waals surface area contributed by atoms with Crippen molar-refractivity contribution < 1.29 is 4.74 Å². The van der Waals surface area contributed by atoms with Gasteiger partial charge in [-0.05, 0) is 37.6 Å². The first-order valence-electron chi connectivity index (χ1n) is 5.69. The third kappa shape index (κ3) is 4.12. The first kappa shape index (κ1) is 13.5. The number of nitrogens with one attached hydrogen (secondary N) is 1. The Morgan fingerprint density at radius 2 is 2.19 bits per heavy atom. The number of halogens is 1. The van der Waals surface area contributed by atoms with Crippen molar-refractivity contribution in [3.05, 3.63) is 34.9 Å². The van der Waals surface area contributed by atoms with Crippen molar-refractivity contribution in [1.29, 1.82) is 0 Å². The van der Waals surface area contributed by atoms with E-state index >= 15 is 0 Å². The minimum atomic E-state index is 0.239. The molecule has 1 aromatic rings. The van der Waals surface area contributed by atoms with Gasteiger partial charge >= 0.3 is 0 Å². The van der Waals surface area contributed by atoms with Crippen LogP contribution >= 0.6 is 11.6 Å². The van der Waals surface area contributed by atoms with Gasteiger partial charge in [0.2, 0.25) is 0 Å². The maximum atomic E-state index is 6.00. The smallest absolute Gasteiger partial charge is 0.0561 e. The lowest BCUT2D eigenvalue weighted by atomic mass is 10.0. The minimum Gasteiger partial charge on any atom is -0.382 e. The zero-order valence-corrected chi connectivity index (χ0v) is 10.9. The molecule has 90 valence electrons. The molecule has 0 fully saturated rings. The highest BCUT2D eigenvalue weighted by Crippen LogP contribution is 2.22. The van der Waals surface area contributed by atoms with Crippen molar-refractivity contribution in [2.75, 3.05) is 13.7 Å². The zero-order chi connectivity index (χ0) is 12.0. The predicted molar refractivity (Wildman–Crippen MR) is 69.0 cm³/mol. The Hall–Kier alpha value is -0.570. The lowest BCUT2D eigenvalue weighted by Crippen LogP contribution is -2.25. The average molecular weight is 242 g/mol. The first-order chi connectivity index (χ1) is 7.67. The molecule has 0 saturated carbocycles. The molecule has 3 heteroatoms. The fraction of sp³-hybridized carbons (Fsp3) is 0.538. The van der Waals surface area contributed by atoms with Crippen LogP contribution in [0, 0.1) is 0 Å². The molecule has 0 heterocycles. The molecule has 0 amide bonds. The summed E-state index contributed by atoms with van der Waals surface area (Å²) < 4.78 is 5.31. The second kappa shape index (κ2) is 6.89. The van der Waals surface area contributed by atoms with Gasteiger partial charge in [-0.1, -0.05) is 30.7 Å². The second-order valence-corrected chi connectivity index (χ2v) is 4.38. The van der Waals surface area contributed by atoms with E-state index in [9.17, 15) is 0 Å². The van der Waals surface area contributed by atoms with Gasteiger partial charge in [-0.3, -0.25) is 0 Å². The van der Waals surface area contributed by atoms with Crippen LogP contribution in [0.5, 0.6) is 0 Å². The fourth-order valence-electron chi connectivity index (χ4n) is 1.74. The van der Waals surface area contributed by atoms with Gasteiger partial charge in [-0.2, -0.15) is 0 Å². The molecule has 1 aromatic carbocycles. The van der Waals surface area contributed by atoms with Gasteiger partial charge in [-0.25, -0.2) is 0 Å². The lowest BCUT2D eigenvalue weighted by molar-refractivity contribution is 0.101. The van der Waals surface area contributed by atoms with E-state index in [4.69, 9.17) is 16.3 Å². The van der Waals surface area contributed by atoms with Gasteiger partial charge in [0, 0.05) is 18.2 Å². The highest BCUT2D eigenvalue weighted by Gasteiger charge is 2.14. The van der Waals surface area contributed by atoms with E-state index in [0.717, 1.165) is 18.0 Å². The molecule has 2 atom stereocenters. The van der Waals surface area contributed by atoms with Crippen LogP contribution < -0.4 is 5.32 Å². The number of benzene rings is 1. The molecular formula is C13H20ClNO. The second-order valence-electron chi connectivity index (χ2n) is 3.95. The van der Waals surface area contributed by atoms with E-state index in [1.807, 2.05) is 18.2 Å². The van der Waals surface area contributed by atoms with Gasteiger partial charge in [0.25, 0.3) is 0 Å². The molecule has 0 spiro atoms. The predicted octanol–water partition coefficient (Wildman–Crippen LogP) is 3.42. The number of hydrogen-bond acceptors (Lipinski definition) is 2. The summed E-state index contributed by atoms with van der Waals surface area (Å²) in [6, 6.07) is 8.30. The molecule has 2 unspecified atom stereocenters. The molecule has 0 aliphatic carbocycles. The number of hydrogen-bond donors (Lipinski definition) is 1. The SMILES string of the molecule is CCNC(CC(C)OC)c1cccc(Cl)c1. The van der Waals surface area contributed by atoms with Crippen LogP contribution in [0.1, 0.15) is 31.9 Å². The first-order valence-corrected chi connectivity index (χ1v) is 6.06. The fourth-order valence-corrected chi connectivity index (χ4v) is 1.93.